The van der Waals surface area contributed by atoms with E-state index in [0.717, 1.165) is 25.7 Å². The predicted molar refractivity (Wildman–Crippen MR) is 108 cm³/mol. The molecular weight excluding hydrogens is 394 g/mol. The van der Waals surface area contributed by atoms with Crippen molar-refractivity contribution in [2.45, 2.75) is 51.0 Å². The van der Waals surface area contributed by atoms with Gasteiger partial charge in [-0.15, -0.1) is 0 Å². The average Bonchev–Trinajstić information content (AvgIpc) is 2.73. The van der Waals surface area contributed by atoms with Gasteiger partial charge in [0.15, 0.2) is 0 Å². The molecule has 29 heavy (non-hydrogen) atoms. The number of rotatable bonds is 8. The van der Waals surface area contributed by atoms with Gasteiger partial charge in [-0.05, 0) is 68.6 Å². The van der Waals surface area contributed by atoms with E-state index in [1.54, 1.807) is 0 Å². The molecule has 0 atom stereocenters. The fourth-order valence-electron chi connectivity index (χ4n) is 4.35. The van der Waals surface area contributed by atoms with Crippen LogP contribution >= 0.6 is 0 Å². The maximum Gasteiger partial charge on any atom is 0.233 e. The standard InChI is InChI=1S/C20H31N3O5S/c1-17-14-21-9-4-19(17)3-2-18-5-10-22(11-6-18)29(26,27)15-20(23(25)16-24)7-12-28-13-8-20/h4,9,14,16,18,25H,2-3,5-8,10-13,15H2,1H3. The molecule has 2 fully saturated rings. The zero-order chi connectivity index (χ0) is 20.9. The topological polar surface area (TPSA) is 100 Å². The van der Waals surface area contributed by atoms with Crippen molar-refractivity contribution in [3.8, 4) is 0 Å². The van der Waals surface area contributed by atoms with Crippen molar-refractivity contribution in [3.63, 3.8) is 0 Å². The monoisotopic (exact) mass is 425 g/mol. The van der Waals surface area contributed by atoms with E-state index in [9.17, 15) is 18.4 Å². The molecule has 0 saturated carbocycles. The Balaban J connectivity index is 1.56. The highest BCUT2D eigenvalue weighted by molar-refractivity contribution is 7.89. The number of amides is 1. The summed E-state index contributed by atoms with van der Waals surface area (Å²) in [6.07, 6.45) is 8.28. The largest absolute Gasteiger partial charge is 0.381 e. The molecule has 1 amide bonds. The summed E-state index contributed by atoms with van der Waals surface area (Å²) in [5.74, 6) is 0.231. The molecule has 2 saturated heterocycles. The third-order valence-corrected chi connectivity index (χ3v) is 8.44. The van der Waals surface area contributed by atoms with Gasteiger partial charge in [0.1, 0.15) is 0 Å². The van der Waals surface area contributed by atoms with Gasteiger partial charge in [0.05, 0.1) is 11.3 Å². The summed E-state index contributed by atoms with van der Waals surface area (Å²) in [6.45, 7) is 3.70. The number of hydroxylamine groups is 2. The number of piperidine rings is 1. The number of hydrogen-bond donors (Lipinski definition) is 1. The molecule has 0 radical (unpaired) electrons. The molecule has 8 nitrogen and oxygen atoms in total. The number of nitrogens with zero attached hydrogens (tertiary/aromatic N) is 3. The molecule has 3 rings (SSSR count). The summed E-state index contributed by atoms with van der Waals surface area (Å²) in [6, 6.07) is 2.05. The molecule has 3 heterocycles. The van der Waals surface area contributed by atoms with Crippen molar-refractivity contribution < 1.29 is 23.2 Å². The van der Waals surface area contributed by atoms with E-state index < -0.39 is 15.6 Å². The molecular formula is C20H31N3O5S. The number of sulfonamides is 1. The summed E-state index contributed by atoms with van der Waals surface area (Å²) in [5.41, 5.74) is 1.39. The van der Waals surface area contributed by atoms with Crippen molar-refractivity contribution in [1.82, 2.24) is 14.4 Å². The first-order valence-electron chi connectivity index (χ1n) is 10.2. The molecule has 0 aromatic carbocycles. The summed E-state index contributed by atoms with van der Waals surface area (Å²) in [5, 5.41) is 10.6. The van der Waals surface area contributed by atoms with Crippen molar-refractivity contribution >= 4 is 16.4 Å². The fraction of sp³-hybridized carbons (Fsp3) is 0.700. The second kappa shape index (κ2) is 9.51. The first-order valence-corrected chi connectivity index (χ1v) is 11.9. The summed E-state index contributed by atoms with van der Waals surface area (Å²) in [7, 11) is -3.58. The van der Waals surface area contributed by atoms with Gasteiger partial charge >= 0.3 is 0 Å². The van der Waals surface area contributed by atoms with Gasteiger partial charge in [0.25, 0.3) is 0 Å². The number of carbonyl (C=O) groups excluding carboxylic acids is 1. The number of aromatic nitrogens is 1. The second-order valence-electron chi connectivity index (χ2n) is 8.23. The Morgan fingerprint density at radius 3 is 2.66 bits per heavy atom. The quantitative estimate of drug-likeness (QED) is 0.387. The molecule has 1 N–H and O–H groups in total. The molecule has 9 heteroatoms. The van der Waals surface area contributed by atoms with E-state index in [1.807, 2.05) is 12.4 Å². The maximum atomic E-state index is 13.0. The van der Waals surface area contributed by atoms with Crippen LogP contribution in [-0.4, -0.2) is 72.0 Å². The second-order valence-corrected chi connectivity index (χ2v) is 10.2. The van der Waals surface area contributed by atoms with Crippen LogP contribution in [0.15, 0.2) is 18.5 Å². The van der Waals surface area contributed by atoms with Crippen molar-refractivity contribution in [3.05, 3.63) is 29.6 Å². The number of pyridine rings is 1. The normalized spacial score (nSPS) is 21.0. The van der Waals surface area contributed by atoms with Crippen LogP contribution in [0.3, 0.4) is 0 Å². The Labute approximate surface area is 172 Å². The van der Waals surface area contributed by atoms with E-state index in [0.29, 0.717) is 56.5 Å². The Kier molecular flexibility index (Phi) is 7.26. The van der Waals surface area contributed by atoms with Gasteiger partial charge in [0.2, 0.25) is 16.4 Å². The third kappa shape index (κ3) is 5.33. The minimum absolute atomic E-state index is 0.264. The molecule has 0 aliphatic carbocycles. The van der Waals surface area contributed by atoms with Crippen LogP contribution in [-0.2, 0) is 26.0 Å². The number of ether oxygens (including phenoxy) is 1. The van der Waals surface area contributed by atoms with E-state index >= 15 is 0 Å². The predicted octanol–water partition coefficient (Wildman–Crippen LogP) is 1.76. The molecule has 1 aromatic heterocycles. The van der Waals surface area contributed by atoms with Crippen LogP contribution in [0, 0.1) is 12.8 Å². The summed E-state index contributed by atoms with van der Waals surface area (Å²) in [4.78, 5) is 15.3. The molecule has 0 bridgehead atoms. The van der Waals surface area contributed by atoms with Gasteiger partial charge in [-0.3, -0.25) is 15.0 Å². The fourth-order valence-corrected chi connectivity index (χ4v) is 6.40. The molecule has 1 aromatic rings. The van der Waals surface area contributed by atoms with E-state index in [1.165, 1.54) is 15.4 Å². The Hall–Kier alpha value is -1.55. The highest BCUT2D eigenvalue weighted by Crippen LogP contribution is 2.31. The Morgan fingerprint density at radius 1 is 1.34 bits per heavy atom. The SMILES string of the molecule is Cc1cnccc1CCC1CCN(S(=O)(=O)CC2(N(O)C=O)CCOCC2)CC1. The van der Waals surface area contributed by atoms with Crippen molar-refractivity contribution in [2.75, 3.05) is 32.1 Å². The van der Waals surface area contributed by atoms with Crippen LogP contribution < -0.4 is 0 Å². The van der Waals surface area contributed by atoms with Gasteiger partial charge < -0.3 is 4.74 Å². The smallest absolute Gasteiger partial charge is 0.233 e. The molecule has 0 spiro atoms. The van der Waals surface area contributed by atoms with E-state index in [-0.39, 0.29) is 5.75 Å². The first-order chi connectivity index (χ1) is 13.9. The zero-order valence-corrected chi connectivity index (χ0v) is 17.8. The van der Waals surface area contributed by atoms with Gasteiger partial charge in [-0.2, -0.15) is 0 Å². The van der Waals surface area contributed by atoms with Gasteiger partial charge in [-0.25, -0.2) is 17.8 Å². The van der Waals surface area contributed by atoms with Crippen LogP contribution in [0.25, 0.3) is 0 Å². The number of aryl methyl sites for hydroxylation is 2. The number of carbonyl (C=O) groups is 1. The van der Waals surface area contributed by atoms with E-state index in [4.69, 9.17) is 4.74 Å². The van der Waals surface area contributed by atoms with E-state index in [2.05, 4.69) is 18.0 Å². The lowest BCUT2D eigenvalue weighted by atomic mass is 9.91. The molecule has 2 aliphatic heterocycles. The highest BCUT2D eigenvalue weighted by atomic mass is 32.2. The van der Waals surface area contributed by atoms with Gasteiger partial charge in [0, 0.05) is 38.7 Å². The van der Waals surface area contributed by atoms with Gasteiger partial charge in [-0.1, -0.05) is 0 Å². The Morgan fingerprint density at radius 2 is 2.03 bits per heavy atom. The lowest BCUT2D eigenvalue weighted by Gasteiger charge is -2.42. The first kappa shape index (κ1) is 22.1. The van der Waals surface area contributed by atoms with Crippen LogP contribution in [0.4, 0.5) is 0 Å². The van der Waals surface area contributed by atoms with Crippen molar-refractivity contribution in [2.24, 2.45) is 5.92 Å². The van der Waals surface area contributed by atoms with Crippen LogP contribution in [0.2, 0.25) is 0 Å². The van der Waals surface area contributed by atoms with Crippen LogP contribution in [0.5, 0.6) is 0 Å². The number of hydrogen-bond acceptors (Lipinski definition) is 6. The molecule has 0 unspecified atom stereocenters. The maximum absolute atomic E-state index is 13.0. The van der Waals surface area contributed by atoms with Crippen LogP contribution in [0.1, 0.15) is 43.2 Å². The minimum Gasteiger partial charge on any atom is -0.381 e. The lowest BCUT2D eigenvalue weighted by molar-refractivity contribution is -0.189. The molecule has 2 aliphatic rings. The summed E-state index contributed by atoms with van der Waals surface area (Å²) < 4.78 is 32.9. The minimum atomic E-state index is -3.58. The third-order valence-electron chi connectivity index (χ3n) is 6.39. The molecule has 162 valence electrons. The summed E-state index contributed by atoms with van der Waals surface area (Å²) >= 11 is 0. The van der Waals surface area contributed by atoms with Crippen molar-refractivity contribution in [1.29, 1.82) is 0 Å². The zero-order valence-electron chi connectivity index (χ0n) is 17.0. The average molecular weight is 426 g/mol. The lowest BCUT2D eigenvalue weighted by Crippen LogP contribution is -2.57. The highest BCUT2D eigenvalue weighted by Gasteiger charge is 2.44. The Bertz CT molecular complexity index is 787.